The summed E-state index contributed by atoms with van der Waals surface area (Å²) in [7, 11) is 1.95. The van der Waals surface area contributed by atoms with Gasteiger partial charge in [0.15, 0.2) is 0 Å². The van der Waals surface area contributed by atoms with Crippen molar-refractivity contribution in [3.63, 3.8) is 0 Å². The van der Waals surface area contributed by atoms with Gasteiger partial charge in [-0.05, 0) is 19.4 Å². The van der Waals surface area contributed by atoms with Crippen molar-refractivity contribution < 1.29 is 9.78 Å². The van der Waals surface area contributed by atoms with E-state index in [0.717, 1.165) is 13.0 Å². The van der Waals surface area contributed by atoms with Gasteiger partial charge in [-0.3, -0.25) is 0 Å². The fourth-order valence-electron chi connectivity index (χ4n) is 1.15. The lowest BCUT2D eigenvalue weighted by Gasteiger charge is -2.17. The van der Waals surface area contributed by atoms with E-state index >= 15 is 0 Å². The minimum absolute atomic E-state index is 0.447. The molecule has 0 amide bonds. The summed E-state index contributed by atoms with van der Waals surface area (Å²) in [6, 6.07) is 0.447. The van der Waals surface area contributed by atoms with Crippen LogP contribution in [0.15, 0.2) is 0 Å². The Hall–Kier alpha value is -0.120. The Labute approximate surface area is 61.6 Å². The first-order valence-corrected chi connectivity index (χ1v) is 3.76. The SMILES string of the molecule is CNC1COOCCC1C. The van der Waals surface area contributed by atoms with E-state index in [0.29, 0.717) is 18.6 Å². The second-order valence-corrected chi connectivity index (χ2v) is 2.77. The van der Waals surface area contributed by atoms with E-state index in [1.807, 2.05) is 7.05 Å². The third kappa shape index (κ3) is 1.94. The minimum atomic E-state index is 0.447. The summed E-state index contributed by atoms with van der Waals surface area (Å²) in [4.78, 5) is 9.76. The zero-order chi connectivity index (χ0) is 7.40. The van der Waals surface area contributed by atoms with E-state index in [4.69, 9.17) is 9.78 Å². The van der Waals surface area contributed by atoms with Crippen LogP contribution in [0, 0.1) is 5.92 Å². The Balaban J connectivity index is 2.35. The molecule has 2 unspecified atom stereocenters. The molecule has 0 aromatic carbocycles. The smallest absolute Gasteiger partial charge is 0.0977 e. The highest BCUT2D eigenvalue weighted by molar-refractivity contribution is 4.71. The highest BCUT2D eigenvalue weighted by atomic mass is 17.2. The number of hydrogen-bond donors (Lipinski definition) is 1. The van der Waals surface area contributed by atoms with Gasteiger partial charge in [-0.15, -0.1) is 0 Å². The maximum Gasteiger partial charge on any atom is 0.0977 e. The van der Waals surface area contributed by atoms with Gasteiger partial charge in [0, 0.05) is 6.04 Å². The molecule has 1 aliphatic heterocycles. The maximum atomic E-state index is 4.91. The second kappa shape index (κ2) is 3.91. The van der Waals surface area contributed by atoms with Crippen LogP contribution < -0.4 is 5.32 Å². The Morgan fingerprint density at radius 1 is 1.40 bits per heavy atom. The van der Waals surface area contributed by atoms with Gasteiger partial charge in [0.25, 0.3) is 0 Å². The molecule has 1 fully saturated rings. The summed E-state index contributed by atoms with van der Waals surface area (Å²) in [6.07, 6.45) is 1.07. The molecule has 1 aliphatic rings. The minimum Gasteiger partial charge on any atom is -0.314 e. The van der Waals surface area contributed by atoms with Crippen molar-refractivity contribution in [1.82, 2.24) is 5.32 Å². The van der Waals surface area contributed by atoms with Crippen LogP contribution in [0.25, 0.3) is 0 Å². The van der Waals surface area contributed by atoms with Gasteiger partial charge in [-0.1, -0.05) is 6.92 Å². The van der Waals surface area contributed by atoms with Crippen LogP contribution in [-0.2, 0) is 9.78 Å². The fourth-order valence-corrected chi connectivity index (χ4v) is 1.15. The highest BCUT2D eigenvalue weighted by Gasteiger charge is 2.18. The average molecular weight is 145 g/mol. The van der Waals surface area contributed by atoms with E-state index in [9.17, 15) is 0 Å². The summed E-state index contributed by atoms with van der Waals surface area (Å²) >= 11 is 0. The first-order valence-electron chi connectivity index (χ1n) is 3.76. The molecule has 1 heterocycles. The molecule has 1 saturated heterocycles. The van der Waals surface area contributed by atoms with Gasteiger partial charge in [-0.25, -0.2) is 9.78 Å². The number of rotatable bonds is 1. The topological polar surface area (TPSA) is 30.5 Å². The van der Waals surface area contributed by atoms with E-state index in [-0.39, 0.29) is 0 Å². The number of likely N-dealkylation sites (N-methyl/N-ethyl adjacent to an activating group) is 1. The summed E-state index contributed by atoms with van der Waals surface area (Å²) in [5.41, 5.74) is 0. The van der Waals surface area contributed by atoms with E-state index in [2.05, 4.69) is 12.2 Å². The van der Waals surface area contributed by atoms with Crippen molar-refractivity contribution >= 4 is 0 Å². The molecule has 0 saturated carbocycles. The van der Waals surface area contributed by atoms with Crippen LogP contribution in [-0.4, -0.2) is 26.3 Å². The average Bonchev–Trinajstić information content (AvgIpc) is 2.13. The van der Waals surface area contributed by atoms with Crippen LogP contribution in [0.5, 0.6) is 0 Å². The predicted octanol–water partition coefficient (Wildman–Crippen LogP) is 0.562. The lowest BCUT2D eigenvalue weighted by atomic mass is 10.00. The van der Waals surface area contributed by atoms with Crippen LogP contribution in [0.1, 0.15) is 13.3 Å². The summed E-state index contributed by atoms with van der Waals surface area (Å²) in [6.45, 7) is 3.59. The fraction of sp³-hybridized carbons (Fsp3) is 1.00. The number of hydrogen-bond acceptors (Lipinski definition) is 3. The molecular formula is C7H15NO2. The van der Waals surface area contributed by atoms with Gasteiger partial charge >= 0.3 is 0 Å². The van der Waals surface area contributed by atoms with Crippen LogP contribution in [0.4, 0.5) is 0 Å². The van der Waals surface area contributed by atoms with Crippen molar-refractivity contribution in [1.29, 1.82) is 0 Å². The molecule has 60 valence electrons. The lowest BCUT2D eigenvalue weighted by molar-refractivity contribution is -0.289. The lowest BCUT2D eigenvalue weighted by Crippen LogP contribution is -2.34. The maximum absolute atomic E-state index is 4.91. The first-order chi connectivity index (χ1) is 4.84. The summed E-state index contributed by atoms with van der Waals surface area (Å²) < 4.78 is 0. The van der Waals surface area contributed by atoms with Crippen molar-refractivity contribution in [3.8, 4) is 0 Å². The molecular weight excluding hydrogens is 130 g/mol. The van der Waals surface area contributed by atoms with Crippen LogP contribution >= 0.6 is 0 Å². The molecule has 0 aromatic heterocycles. The van der Waals surface area contributed by atoms with E-state index in [1.54, 1.807) is 0 Å². The molecule has 0 spiro atoms. The number of nitrogens with one attached hydrogen (secondary N) is 1. The van der Waals surface area contributed by atoms with E-state index in [1.165, 1.54) is 0 Å². The van der Waals surface area contributed by atoms with Gasteiger partial charge in [0.1, 0.15) is 0 Å². The van der Waals surface area contributed by atoms with Gasteiger partial charge in [-0.2, -0.15) is 0 Å². The van der Waals surface area contributed by atoms with Gasteiger partial charge in [0.2, 0.25) is 0 Å². The first kappa shape index (κ1) is 7.98. The molecule has 3 nitrogen and oxygen atoms in total. The van der Waals surface area contributed by atoms with Crippen molar-refractivity contribution in [3.05, 3.63) is 0 Å². The highest BCUT2D eigenvalue weighted by Crippen LogP contribution is 2.12. The molecule has 0 bridgehead atoms. The Bertz CT molecular complexity index is 97.6. The van der Waals surface area contributed by atoms with Crippen molar-refractivity contribution in [2.45, 2.75) is 19.4 Å². The van der Waals surface area contributed by atoms with Gasteiger partial charge < -0.3 is 5.32 Å². The molecule has 1 rings (SSSR count). The van der Waals surface area contributed by atoms with Crippen molar-refractivity contribution in [2.75, 3.05) is 20.3 Å². The molecule has 0 aromatic rings. The largest absolute Gasteiger partial charge is 0.314 e. The van der Waals surface area contributed by atoms with Crippen molar-refractivity contribution in [2.24, 2.45) is 5.92 Å². The molecule has 10 heavy (non-hydrogen) atoms. The zero-order valence-corrected chi connectivity index (χ0v) is 6.59. The second-order valence-electron chi connectivity index (χ2n) is 2.77. The predicted molar refractivity (Wildman–Crippen MR) is 38.5 cm³/mol. The summed E-state index contributed by atoms with van der Waals surface area (Å²) in [5, 5.41) is 3.19. The Kier molecular flexibility index (Phi) is 3.12. The molecule has 2 atom stereocenters. The monoisotopic (exact) mass is 145 g/mol. The van der Waals surface area contributed by atoms with E-state index < -0.39 is 0 Å². The summed E-state index contributed by atoms with van der Waals surface area (Å²) in [5.74, 6) is 0.646. The third-order valence-corrected chi connectivity index (χ3v) is 2.05. The molecule has 1 N–H and O–H groups in total. The normalized spacial score (nSPS) is 35.4. The molecule has 3 heteroatoms. The third-order valence-electron chi connectivity index (χ3n) is 2.05. The van der Waals surface area contributed by atoms with Gasteiger partial charge in [0.05, 0.1) is 13.2 Å². The Morgan fingerprint density at radius 2 is 2.20 bits per heavy atom. The molecule has 0 radical (unpaired) electrons. The van der Waals surface area contributed by atoms with Crippen LogP contribution in [0.3, 0.4) is 0 Å². The van der Waals surface area contributed by atoms with Crippen LogP contribution in [0.2, 0.25) is 0 Å². The standard InChI is InChI=1S/C7H15NO2/c1-6-3-4-9-10-5-7(6)8-2/h6-8H,3-5H2,1-2H3. The Morgan fingerprint density at radius 3 is 2.90 bits per heavy atom. The zero-order valence-electron chi connectivity index (χ0n) is 6.59. The quantitative estimate of drug-likeness (QED) is 0.547. The molecule has 0 aliphatic carbocycles.